The number of esters is 1. The third-order valence-electron chi connectivity index (χ3n) is 1.35. The molecule has 0 aromatic carbocycles. The molecule has 1 aromatic heterocycles. The van der Waals surface area contributed by atoms with Gasteiger partial charge in [0.25, 0.3) is 5.89 Å². The lowest BCUT2D eigenvalue weighted by molar-refractivity contribution is -0.155. The first-order valence-electron chi connectivity index (χ1n) is 3.93. The summed E-state index contributed by atoms with van der Waals surface area (Å²) in [5, 5.41) is 3.38. The third kappa shape index (κ3) is 2.85. The van der Waals surface area contributed by atoms with E-state index in [9.17, 15) is 4.79 Å². The molecule has 0 spiro atoms. The molecule has 0 N–H and O–H groups in total. The standard InChI is InChI=1S/C8H12N2O3/c1-8(2,3)7(11)12-4-6-9-5-10-13-6/h5H,4H2,1-3H3. The van der Waals surface area contributed by atoms with Crippen LogP contribution in [0, 0.1) is 5.41 Å². The van der Waals surface area contributed by atoms with E-state index in [1.165, 1.54) is 6.33 Å². The maximum Gasteiger partial charge on any atom is 0.311 e. The molecular weight excluding hydrogens is 172 g/mol. The number of hydrogen-bond donors (Lipinski definition) is 0. The van der Waals surface area contributed by atoms with Crippen molar-refractivity contribution >= 4 is 5.97 Å². The van der Waals surface area contributed by atoms with Crippen molar-refractivity contribution in [2.24, 2.45) is 5.41 Å². The Labute approximate surface area is 76.1 Å². The van der Waals surface area contributed by atoms with Gasteiger partial charge in [0, 0.05) is 0 Å². The summed E-state index contributed by atoms with van der Waals surface area (Å²) in [6.45, 7) is 5.38. The Kier molecular flexibility index (Phi) is 2.65. The van der Waals surface area contributed by atoms with Crippen LogP contribution in [0.15, 0.2) is 10.9 Å². The monoisotopic (exact) mass is 184 g/mol. The van der Waals surface area contributed by atoms with E-state index in [0.717, 1.165) is 0 Å². The van der Waals surface area contributed by atoms with Crippen LogP contribution >= 0.6 is 0 Å². The molecule has 0 aliphatic carbocycles. The van der Waals surface area contributed by atoms with Gasteiger partial charge in [0.2, 0.25) is 0 Å². The van der Waals surface area contributed by atoms with Crippen molar-refractivity contribution in [2.45, 2.75) is 27.4 Å². The molecular formula is C8H12N2O3. The van der Waals surface area contributed by atoms with E-state index in [-0.39, 0.29) is 12.6 Å². The summed E-state index contributed by atoms with van der Waals surface area (Å²) in [4.78, 5) is 15.0. The first kappa shape index (κ1) is 9.70. The fourth-order valence-corrected chi connectivity index (χ4v) is 0.603. The van der Waals surface area contributed by atoms with Crippen LogP contribution in [0.25, 0.3) is 0 Å². The summed E-state index contributed by atoms with van der Waals surface area (Å²) in [7, 11) is 0. The Hall–Kier alpha value is -1.39. The summed E-state index contributed by atoms with van der Waals surface area (Å²) in [6.07, 6.45) is 1.26. The van der Waals surface area contributed by atoms with Crippen LogP contribution in [0.1, 0.15) is 26.7 Å². The number of rotatable bonds is 2. The van der Waals surface area contributed by atoms with E-state index in [1.807, 2.05) is 0 Å². The number of carbonyl (C=O) groups is 1. The first-order valence-corrected chi connectivity index (χ1v) is 3.93. The van der Waals surface area contributed by atoms with Gasteiger partial charge in [-0.3, -0.25) is 4.79 Å². The maximum atomic E-state index is 11.2. The highest BCUT2D eigenvalue weighted by Crippen LogP contribution is 2.15. The second-order valence-corrected chi connectivity index (χ2v) is 3.66. The first-order chi connectivity index (χ1) is 6.00. The number of aromatic nitrogens is 2. The molecule has 5 nitrogen and oxygen atoms in total. The molecule has 0 fully saturated rings. The number of carbonyl (C=O) groups excluding carboxylic acids is 1. The van der Waals surface area contributed by atoms with Crippen LogP contribution in [0.5, 0.6) is 0 Å². The summed E-state index contributed by atoms with van der Waals surface area (Å²) >= 11 is 0. The molecule has 0 saturated heterocycles. The molecule has 0 saturated carbocycles. The van der Waals surface area contributed by atoms with E-state index in [4.69, 9.17) is 4.74 Å². The lowest BCUT2D eigenvalue weighted by Crippen LogP contribution is -2.22. The molecule has 0 bridgehead atoms. The molecule has 0 radical (unpaired) electrons. The average molecular weight is 184 g/mol. The second-order valence-electron chi connectivity index (χ2n) is 3.66. The van der Waals surface area contributed by atoms with E-state index in [1.54, 1.807) is 20.8 Å². The molecule has 1 heterocycles. The van der Waals surface area contributed by atoms with Crippen LogP contribution < -0.4 is 0 Å². The molecule has 0 aliphatic heterocycles. The Balaban J connectivity index is 2.40. The maximum absolute atomic E-state index is 11.2. The molecule has 5 heteroatoms. The molecule has 13 heavy (non-hydrogen) atoms. The van der Waals surface area contributed by atoms with Crippen molar-refractivity contribution < 1.29 is 14.1 Å². The highest BCUT2D eigenvalue weighted by molar-refractivity contribution is 5.75. The van der Waals surface area contributed by atoms with Crippen LogP contribution in [0.4, 0.5) is 0 Å². The van der Waals surface area contributed by atoms with Crippen LogP contribution in [-0.2, 0) is 16.1 Å². The number of nitrogens with zero attached hydrogens (tertiary/aromatic N) is 2. The van der Waals surface area contributed by atoms with Gasteiger partial charge in [0.1, 0.15) is 0 Å². The minimum absolute atomic E-state index is 0.0378. The highest BCUT2D eigenvalue weighted by Gasteiger charge is 2.23. The topological polar surface area (TPSA) is 65.2 Å². The van der Waals surface area contributed by atoms with Gasteiger partial charge < -0.3 is 9.26 Å². The largest absolute Gasteiger partial charge is 0.455 e. The molecule has 0 atom stereocenters. The Morgan fingerprint density at radius 2 is 2.31 bits per heavy atom. The van der Waals surface area contributed by atoms with Crippen molar-refractivity contribution in [3.63, 3.8) is 0 Å². The van der Waals surface area contributed by atoms with Crippen LogP contribution in [0.3, 0.4) is 0 Å². The van der Waals surface area contributed by atoms with Gasteiger partial charge in [0.05, 0.1) is 5.41 Å². The lowest BCUT2D eigenvalue weighted by Gasteiger charge is -2.15. The fraction of sp³-hybridized carbons (Fsp3) is 0.625. The zero-order chi connectivity index (χ0) is 9.90. The van der Waals surface area contributed by atoms with Crippen molar-refractivity contribution in [1.82, 2.24) is 10.1 Å². The lowest BCUT2D eigenvalue weighted by atomic mass is 9.97. The van der Waals surface area contributed by atoms with Gasteiger partial charge in [-0.2, -0.15) is 4.98 Å². The zero-order valence-electron chi connectivity index (χ0n) is 7.90. The average Bonchev–Trinajstić information content (AvgIpc) is 2.50. The predicted molar refractivity (Wildman–Crippen MR) is 43.5 cm³/mol. The molecule has 1 aromatic rings. The van der Waals surface area contributed by atoms with Gasteiger partial charge in [-0.25, -0.2) is 0 Å². The molecule has 0 aliphatic rings. The third-order valence-corrected chi connectivity index (χ3v) is 1.35. The fourth-order valence-electron chi connectivity index (χ4n) is 0.603. The smallest absolute Gasteiger partial charge is 0.311 e. The van der Waals surface area contributed by atoms with Gasteiger partial charge in [-0.15, -0.1) is 0 Å². The molecule has 0 unspecified atom stereocenters. The molecule has 72 valence electrons. The number of ether oxygens (including phenoxy) is 1. The van der Waals surface area contributed by atoms with Crippen LogP contribution in [0.2, 0.25) is 0 Å². The Morgan fingerprint density at radius 1 is 1.62 bits per heavy atom. The normalized spacial score (nSPS) is 11.3. The van der Waals surface area contributed by atoms with Crippen molar-refractivity contribution in [1.29, 1.82) is 0 Å². The van der Waals surface area contributed by atoms with Gasteiger partial charge in [0.15, 0.2) is 12.9 Å². The van der Waals surface area contributed by atoms with E-state index in [0.29, 0.717) is 5.89 Å². The minimum atomic E-state index is -0.500. The summed E-state index contributed by atoms with van der Waals surface area (Å²) in [6, 6.07) is 0. The van der Waals surface area contributed by atoms with Crippen molar-refractivity contribution in [3.8, 4) is 0 Å². The quantitative estimate of drug-likeness (QED) is 0.645. The van der Waals surface area contributed by atoms with Crippen molar-refractivity contribution in [3.05, 3.63) is 12.2 Å². The summed E-state index contributed by atoms with van der Waals surface area (Å²) < 4.78 is 9.57. The summed E-state index contributed by atoms with van der Waals surface area (Å²) in [5.41, 5.74) is -0.500. The minimum Gasteiger partial charge on any atom is -0.455 e. The van der Waals surface area contributed by atoms with E-state index >= 15 is 0 Å². The number of hydrogen-bond acceptors (Lipinski definition) is 5. The second kappa shape index (κ2) is 3.55. The van der Waals surface area contributed by atoms with E-state index < -0.39 is 5.41 Å². The van der Waals surface area contributed by atoms with Gasteiger partial charge in [-0.1, -0.05) is 5.16 Å². The highest BCUT2D eigenvalue weighted by atomic mass is 16.6. The summed E-state index contributed by atoms with van der Waals surface area (Å²) in [5.74, 6) is 0.0169. The van der Waals surface area contributed by atoms with Gasteiger partial charge >= 0.3 is 5.97 Å². The van der Waals surface area contributed by atoms with E-state index in [2.05, 4.69) is 14.7 Å². The molecule has 1 rings (SSSR count). The van der Waals surface area contributed by atoms with Gasteiger partial charge in [-0.05, 0) is 20.8 Å². The Morgan fingerprint density at radius 3 is 2.77 bits per heavy atom. The zero-order valence-corrected chi connectivity index (χ0v) is 7.90. The molecule has 0 amide bonds. The Bertz CT molecular complexity index is 274. The predicted octanol–water partition coefficient (Wildman–Crippen LogP) is 1.16. The SMILES string of the molecule is CC(C)(C)C(=O)OCc1ncno1. The van der Waals surface area contributed by atoms with Crippen molar-refractivity contribution in [2.75, 3.05) is 0 Å². The van der Waals surface area contributed by atoms with Crippen LogP contribution in [-0.4, -0.2) is 16.1 Å².